The van der Waals surface area contributed by atoms with E-state index in [1.807, 2.05) is 29.8 Å². The Bertz CT molecular complexity index is 844. The fraction of sp³-hybridized carbons (Fsp3) is 0.188. The molecule has 126 valence electrons. The minimum Gasteiger partial charge on any atom is -0.263 e. The molecular formula is C16H16ClN3O2S2. The summed E-state index contributed by atoms with van der Waals surface area (Å²) >= 11 is 7.48. The van der Waals surface area contributed by atoms with Crippen molar-refractivity contribution in [3.8, 4) is 0 Å². The first-order valence-electron chi connectivity index (χ1n) is 7.28. The van der Waals surface area contributed by atoms with Crippen molar-refractivity contribution >= 4 is 33.0 Å². The average molecular weight is 382 g/mol. The Kier molecular flexibility index (Phi) is 5.35. The molecule has 5 nitrogen and oxygen atoms in total. The molecule has 2 aromatic heterocycles. The van der Waals surface area contributed by atoms with E-state index in [0.717, 1.165) is 4.88 Å². The maximum absolute atomic E-state index is 12.4. The van der Waals surface area contributed by atoms with Gasteiger partial charge in [-0.05, 0) is 35.2 Å². The Morgan fingerprint density at radius 3 is 2.79 bits per heavy atom. The summed E-state index contributed by atoms with van der Waals surface area (Å²) in [6.45, 7) is 0.241. The van der Waals surface area contributed by atoms with Crippen molar-refractivity contribution < 1.29 is 8.42 Å². The lowest BCUT2D eigenvalue weighted by molar-refractivity contribution is 0.511. The molecule has 0 radical (unpaired) electrons. The van der Waals surface area contributed by atoms with Crippen LogP contribution < -0.4 is 4.72 Å². The molecule has 0 aliphatic heterocycles. The number of aromatic nitrogens is 2. The van der Waals surface area contributed by atoms with Crippen LogP contribution in [0.4, 0.5) is 0 Å². The van der Waals surface area contributed by atoms with Crippen molar-refractivity contribution in [2.75, 3.05) is 6.54 Å². The van der Waals surface area contributed by atoms with E-state index >= 15 is 0 Å². The summed E-state index contributed by atoms with van der Waals surface area (Å²) in [7, 11) is -3.47. The minimum absolute atomic E-state index is 0.107. The summed E-state index contributed by atoms with van der Waals surface area (Å²) in [5.41, 5.74) is 0.654. The highest BCUT2D eigenvalue weighted by Crippen LogP contribution is 2.22. The second kappa shape index (κ2) is 7.48. The first kappa shape index (κ1) is 17.2. The third kappa shape index (κ3) is 4.45. The number of nitrogens with zero attached hydrogens (tertiary/aromatic N) is 2. The smallest absolute Gasteiger partial charge is 0.215 e. The monoisotopic (exact) mass is 381 g/mol. The third-order valence-corrected chi connectivity index (χ3v) is 5.99. The Hall–Kier alpha value is -1.67. The highest BCUT2D eigenvalue weighted by Gasteiger charge is 2.19. The number of hydrogen-bond donors (Lipinski definition) is 1. The standard InChI is InChI=1S/C16H16ClN3O2S2/c17-14-5-1-4-13(10-14)12-24(21,22)19-11-15(16-6-2-9-23-16)20-8-3-7-18-20/h1-10,15,19H,11-12H2. The fourth-order valence-electron chi connectivity index (χ4n) is 2.37. The van der Waals surface area contributed by atoms with E-state index in [-0.39, 0.29) is 18.3 Å². The van der Waals surface area contributed by atoms with Crippen molar-refractivity contribution in [1.29, 1.82) is 0 Å². The number of halogens is 1. The maximum atomic E-state index is 12.4. The number of thiophene rings is 1. The van der Waals surface area contributed by atoms with Gasteiger partial charge in [0.1, 0.15) is 0 Å². The molecule has 0 aliphatic rings. The lowest BCUT2D eigenvalue weighted by atomic mass is 10.2. The van der Waals surface area contributed by atoms with Crippen LogP contribution in [0, 0.1) is 0 Å². The van der Waals surface area contributed by atoms with Gasteiger partial charge in [-0.3, -0.25) is 4.68 Å². The Morgan fingerprint density at radius 2 is 2.12 bits per heavy atom. The molecular weight excluding hydrogens is 366 g/mol. The molecule has 1 unspecified atom stereocenters. The van der Waals surface area contributed by atoms with Gasteiger partial charge in [0.15, 0.2) is 0 Å². The van der Waals surface area contributed by atoms with Crippen LogP contribution in [0.1, 0.15) is 16.5 Å². The van der Waals surface area contributed by atoms with Crippen LogP contribution in [-0.2, 0) is 15.8 Å². The Labute approximate surface area is 150 Å². The zero-order valence-corrected chi connectivity index (χ0v) is 15.1. The number of hydrogen-bond acceptors (Lipinski definition) is 4. The zero-order chi connectivity index (χ0) is 17.0. The van der Waals surface area contributed by atoms with Gasteiger partial charge in [0, 0.05) is 28.8 Å². The normalized spacial score (nSPS) is 13.0. The lowest BCUT2D eigenvalue weighted by Crippen LogP contribution is -2.32. The van der Waals surface area contributed by atoms with Crippen LogP contribution in [0.15, 0.2) is 60.2 Å². The molecule has 3 rings (SSSR count). The maximum Gasteiger partial charge on any atom is 0.215 e. The summed E-state index contributed by atoms with van der Waals surface area (Å²) in [5.74, 6) is -0.107. The molecule has 1 atom stereocenters. The van der Waals surface area contributed by atoms with Crippen molar-refractivity contribution in [3.63, 3.8) is 0 Å². The predicted molar refractivity (Wildman–Crippen MR) is 96.8 cm³/mol. The summed E-state index contributed by atoms with van der Waals surface area (Å²) in [6, 6.07) is 12.4. The molecule has 2 heterocycles. The topological polar surface area (TPSA) is 64.0 Å². The molecule has 0 amide bonds. The molecule has 0 fully saturated rings. The Balaban J connectivity index is 1.72. The number of rotatable bonds is 7. The Morgan fingerprint density at radius 1 is 1.25 bits per heavy atom. The van der Waals surface area contributed by atoms with Gasteiger partial charge >= 0.3 is 0 Å². The molecule has 0 saturated carbocycles. The van der Waals surface area contributed by atoms with E-state index in [4.69, 9.17) is 11.6 Å². The van der Waals surface area contributed by atoms with Gasteiger partial charge < -0.3 is 0 Å². The highest BCUT2D eigenvalue weighted by molar-refractivity contribution is 7.88. The van der Waals surface area contributed by atoms with Crippen LogP contribution in [0.2, 0.25) is 5.02 Å². The van der Waals surface area contributed by atoms with Gasteiger partial charge in [0.05, 0.1) is 11.8 Å². The van der Waals surface area contributed by atoms with Gasteiger partial charge in [0.25, 0.3) is 0 Å². The summed E-state index contributed by atoms with van der Waals surface area (Å²) in [5, 5.41) is 6.73. The molecule has 8 heteroatoms. The number of benzene rings is 1. The zero-order valence-electron chi connectivity index (χ0n) is 12.7. The van der Waals surface area contributed by atoms with Crippen LogP contribution in [0.3, 0.4) is 0 Å². The molecule has 3 aromatic rings. The molecule has 0 spiro atoms. The largest absolute Gasteiger partial charge is 0.263 e. The van der Waals surface area contributed by atoms with Crippen molar-refractivity contribution in [2.45, 2.75) is 11.8 Å². The fourth-order valence-corrected chi connectivity index (χ4v) is 4.54. The average Bonchev–Trinajstić information content (AvgIpc) is 3.20. The predicted octanol–water partition coefficient (Wildman–Crippen LogP) is 3.31. The lowest BCUT2D eigenvalue weighted by Gasteiger charge is -2.17. The molecule has 24 heavy (non-hydrogen) atoms. The van der Waals surface area contributed by atoms with Crippen molar-refractivity contribution in [2.24, 2.45) is 0 Å². The highest BCUT2D eigenvalue weighted by atomic mass is 35.5. The van der Waals surface area contributed by atoms with Crippen LogP contribution in [0.5, 0.6) is 0 Å². The molecule has 1 N–H and O–H groups in total. The first-order valence-corrected chi connectivity index (χ1v) is 10.2. The van der Waals surface area contributed by atoms with E-state index < -0.39 is 10.0 Å². The summed E-state index contributed by atoms with van der Waals surface area (Å²) < 4.78 is 29.2. The van der Waals surface area contributed by atoms with Crippen molar-refractivity contribution in [3.05, 3.63) is 75.7 Å². The third-order valence-electron chi connectivity index (χ3n) is 3.46. The van der Waals surface area contributed by atoms with E-state index in [1.54, 1.807) is 46.5 Å². The molecule has 0 bridgehead atoms. The van der Waals surface area contributed by atoms with Gasteiger partial charge in [-0.2, -0.15) is 5.10 Å². The minimum atomic E-state index is -3.47. The van der Waals surface area contributed by atoms with Crippen molar-refractivity contribution in [1.82, 2.24) is 14.5 Å². The van der Waals surface area contributed by atoms with Crippen LogP contribution in [-0.4, -0.2) is 24.7 Å². The number of nitrogens with one attached hydrogen (secondary N) is 1. The van der Waals surface area contributed by atoms with Gasteiger partial charge in [-0.15, -0.1) is 11.3 Å². The first-order chi connectivity index (χ1) is 11.5. The van der Waals surface area contributed by atoms with E-state index in [2.05, 4.69) is 9.82 Å². The molecule has 0 saturated heterocycles. The molecule has 0 aliphatic carbocycles. The van der Waals surface area contributed by atoms with E-state index in [1.165, 1.54) is 0 Å². The van der Waals surface area contributed by atoms with Gasteiger partial charge in [-0.1, -0.05) is 29.8 Å². The van der Waals surface area contributed by atoms with Crippen LogP contribution in [0.25, 0.3) is 0 Å². The summed E-state index contributed by atoms with van der Waals surface area (Å²) in [6.07, 6.45) is 3.51. The van der Waals surface area contributed by atoms with Crippen LogP contribution >= 0.6 is 22.9 Å². The van der Waals surface area contributed by atoms with E-state index in [0.29, 0.717) is 10.6 Å². The van der Waals surface area contributed by atoms with E-state index in [9.17, 15) is 8.42 Å². The van der Waals surface area contributed by atoms with Gasteiger partial charge in [0.2, 0.25) is 10.0 Å². The summed E-state index contributed by atoms with van der Waals surface area (Å²) in [4.78, 5) is 1.05. The second-order valence-corrected chi connectivity index (χ2v) is 8.48. The SMILES string of the molecule is O=S(=O)(Cc1cccc(Cl)c1)NCC(c1cccs1)n1cccn1. The second-order valence-electron chi connectivity index (χ2n) is 5.25. The number of sulfonamides is 1. The van der Waals surface area contributed by atoms with Gasteiger partial charge in [-0.25, -0.2) is 13.1 Å². The molecule has 1 aromatic carbocycles. The quantitative estimate of drug-likeness (QED) is 0.682.